The number of nitrogens with one attached hydrogen (secondary N) is 2. The molecular weight excluding hydrogens is 322 g/mol. The molecule has 130 valence electrons. The van der Waals surface area contributed by atoms with Gasteiger partial charge >= 0.3 is 5.69 Å². The highest BCUT2D eigenvalue weighted by Gasteiger charge is 2.34. The summed E-state index contributed by atoms with van der Waals surface area (Å²) >= 11 is 0. The molecule has 8 nitrogen and oxygen atoms in total. The molecule has 1 saturated heterocycles. The van der Waals surface area contributed by atoms with E-state index in [4.69, 9.17) is 4.52 Å². The van der Waals surface area contributed by atoms with Gasteiger partial charge in [-0.15, -0.1) is 0 Å². The van der Waals surface area contributed by atoms with Crippen LogP contribution in [0.3, 0.4) is 0 Å². The smallest absolute Gasteiger partial charge is 0.323 e. The van der Waals surface area contributed by atoms with E-state index < -0.39 is 0 Å². The Morgan fingerprint density at radius 1 is 1.36 bits per heavy atom. The summed E-state index contributed by atoms with van der Waals surface area (Å²) in [6.45, 7) is 4.59. The Bertz CT molecular complexity index is 983. The molecule has 0 spiro atoms. The molecule has 2 aromatic heterocycles. The highest BCUT2D eigenvalue weighted by molar-refractivity contribution is 6.05. The molecule has 2 N–H and O–H groups in total. The van der Waals surface area contributed by atoms with Crippen molar-refractivity contribution < 1.29 is 9.32 Å². The van der Waals surface area contributed by atoms with Crippen LogP contribution in [-0.4, -0.2) is 37.5 Å². The molecule has 4 rings (SSSR count). The van der Waals surface area contributed by atoms with E-state index in [1.807, 2.05) is 13.8 Å². The summed E-state index contributed by atoms with van der Waals surface area (Å²) < 4.78 is 5.29. The number of rotatable bonds is 3. The van der Waals surface area contributed by atoms with Crippen molar-refractivity contribution in [2.24, 2.45) is 0 Å². The van der Waals surface area contributed by atoms with Gasteiger partial charge in [0.25, 0.3) is 5.91 Å². The van der Waals surface area contributed by atoms with Crippen LogP contribution in [0.5, 0.6) is 0 Å². The Morgan fingerprint density at radius 2 is 2.20 bits per heavy atom. The third-order valence-electron chi connectivity index (χ3n) is 4.54. The standard InChI is InChI=1S/C17H19N5O3/c1-9(2)15-20-14(21-25-15)12-7-4-8-22(12)16(23)10-5-3-6-11-13(10)19-17(24)18-11/h3,5-6,9,12H,4,7-8H2,1-2H3,(H2,18,19,24)/t12-/m1/s1. The number of H-pyrrole nitrogens is 2. The molecule has 1 atom stereocenters. The van der Waals surface area contributed by atoms with Crippen molar-refractivity contribution >= 4 is 16.9 Å². The van der Waals surface area contributed by atoms with Crippen LogP contribution >= 0.6 is 0 Å². The first-order valence-electron chi connectivity index (χ1n) is 8.40. The minimum Gasteiger partial charge on any atom is -0.339 e. The van der Waals surface area contributed by atoms with Crippen LogP contribution in [0, 0.1) is 0 Å². The fourth-order valence-electron chi connectivity index (χ4n) is 3.29. The van der Waals surface area contributed by atoms with Gasteiger partial charge in [0.2, 0.25) is 5.89 Å². The maximum atomic E-state index is 13.1. The van der Waals surface area contributed by atoms with Crippen molar-refractivity contribution in [1.29, 1.82) is 0 Å². The lowest BCUT2D eigenvalue weighted by atomic mass is 10.1. The van der Waals surface area contributed by atoms with E-state index in [1.165, 1.54) is 0 Å². The number of carbonyl (C=O) groups excluding carboxylic acids is 1. The van der Waals surface area contributed by atoms with Crippen LogP contribution in [0.2, 0.25) is 0 Å². The molecule has 3 heterocycles. The van der Waals surface area contributed by atoms with Crippen molar-refractivity contribution in [3.8, 4) is 0 Å². The van der Waals surface area contributed by atoms with E-state index in [0.29, 0.717) is 34.9 Å². The maximum absolute atomic E-state index is 13.1. The number of amides is 1. The molecule has 1 fully saturated rings. The summed E-state index contributed by atoms with van der Waals surface area (Å²) in [7, 11) is 0. The summed E-state index contributed by atoms with van der Waals surface area (Å²) in [4.78, 5) is 36.3. The second-order valence-electron chi connectivity index (χ2n) is 6.61. The number of para-hydroxylation sites is 1. The predicted molar refractivity (Wildman–Crippen MR) is 90.3 cm³/mol. The molecule has 0 saturated carbocycles. The molecule has 8 heteroatoms. The first-order valence-corrected chi connectivity index (χ1v) is 8.40. The topological polar surface area (TPSA) is 108 Å². The van der Waals surface area contributed by atoms with E-state index in [0.717, 1.165) is 12.8 Å². The molecule has 1 aliphatic heterocycles. The van der Waals surface area contributed by atoms with Gasteiger partial charge in [0.15, 0.2) is 5.82 Å². The molecule has 1 aromatic carbocycles. The fraction of sp³-hybridized carbons (Fsp3) is 0.412. The molecule has 0 radical (unpaired) electrons. The molecule has 1 aliphatic rings. The number of nitrogens with zero attached hydrogens (tertiary/aromatic N) is 3. The summed E-state index contributed by atoms with van der Waals surface area (Å²) in [6, 6.07) is 5.04. The first-order chi connectivity index (χ1) is 12.0. The molecule has 25 heavy (non-hydrogen) atoms. The Hall–Kier alpha value is -2.90. The van der Waals surface area contributed by atoms with E-state index in [9.17, 15) is 9.59 Å². The zero-order chi connectivity index (χ0) is 17.6. The first kappa shape index (κ1) is 15.6. The molecule has 1 amide bonds. The Labute approximate surface area is 143 Å². The van der Waals surface area contributed by atoms with E-state index in [2.05, 4.69) is 20.1 Å². The summed E-state index contributed by atoms with van der Waals surface area (Å²) in [5.74, 6) is 1.13. The van der Waals surface area contributed by atoms with Gasteiger partial charge in [0.05, 0.1) is 22.6 Å². The monoisotopic (exact) mass is 341 g/mol. The third-order valence-corrected chi connectivity index (χ3v) is 4.54. The normalized spacial score (nSPS) is 17.7. The van der Waals surface area contributed by atoms with Gasteiger partial charge in [-0.1, -0.05) is 25.1 Å². The Morgan fingerprint density at radius 3 is 2.96 bits per heavy atom. The largest absolute Gasteiger partial charge is 0.339 e. The highest BCUT2D eigenvalue weighted by atomic mass is 16.5. The zero-order valence-electron chi connectivity index (χ0n) is 14.1. The molecule has 0 unspecified atom stereocenters. The summed E-state index contributed by atoms with van der Waals surface area (Å²) in [5, 5.41) is 4.07. The Kier molecular flexibility index (Phi) is 3.67. The second-order valence-corrected chi connectivity index (χ2v) is 6.61. The predicted octanol–water partition coefficient (Wildman–Crippen LogP) is 2.34. The minimum atomic E-state index is -0.326. The van der Waals surface area contributed by atoms with Crippen LogP contribution in [0.25, 0.3) is 11.0 Å². The third kappa shape index (κ3) is 2.63. The molecule has 0 aliphatic carbocycles. The number of fused-ring (bicyclic) bond motifs is 1. The average molecular weight is 341 g/mol. The van der Waals surface area contributed by atoms with Crippen LogP contribution in [-0.2, 0) is 0 Å². The van der Waals surface area contributed by atoms with E-state index in [1.54, 1.807) is 23.1 Å². The number of aromatic nitrogens is 4. The lowest BCUT2D eigenvalue weighted by molar-refractivity contribution is 0.0730. The second kappa shape index (κ2) is 5.87. The van der Waals surface area contributed by atoms with Gasteiger partial charge < -0.3 is 19.4 Å². The van der Waals surface area contributed by atoms with Crippen molar-refractivity contribution in [2.45, 2.75) is 38.6 Å². The quantitative estimate of drug-likeness (QED) is 0.760. The number of hydrogen-bond donors (Lipinski definition) is 2. The van der Waals surface area contributed by atoms with Gasteiger partial charge in [-0.05, 0) is 25.0 Å². The SMILES string of the molecule is CC(C)c1nc([C@H]2CCCN2C(=O)c2cccc3[nH]c(=O)[nH]c23)no1. The number of imidazole rings is 1. The lowest BCUT2D eigenvalue weighted by Crippen LogP contribution is -2.31. The van der Waals surface area contributed by atoms with Gasteiger partial charge in [-0.3, -0.25) is 4.79 Å². The van der Waals surface area contributed by atoms with Gasteiger partial charge in [0, 0.05) is 12.5 Å². The summed E-state index contributed by atoms with van der Waals surface area (Å²) in [5.41, 5.74) is 1.29. The number of carbonyl (C=O) groups is 1. The number of likely N-dealkylation sites (tertiary alicyclic amines) is 1. The number of benzene rings is 1. The van der Waals surface area contributed by atoms with Crippen LogP contribution in [0.1, 0.15) is 60.7 Å². The number of hydrogen-bond acceptors (Lipinski definition) is 5. The highest BCUT2D eigenvalue weighted by Crippen LogP contribution is 2.33. The average Bonchev–Trinajstić information content (AvgIpc) is 3.30. The van der Waals surface area contributed by atoms with Crippen LogP contribution in [0.15, 0.2) is 27.5 Å². The van der Waals surface area contributed by atoms with Crippen LogP contribution in [0.4, 0.5) is 0 Å². The van der Waals surface area contributed by atoms with Crippen LogP contribution < -0.4 is 5.69 Å². The minimum absolute atomic E-state index is 0.140. The van der Waals surface area contributed by atoms with Crippen molar-refractivity contribution in [3.63, 3.8) is 0 Å². The lowest BCUT2D eigenvalue weighted by Gasteiger charge is -2.22. The van der Waals surface area contributed by atoms with Gasteiger partial charge in [-0.25, -0.2) is 4.79 Å². The molecule has 0 bridgehead atoms. The zero-order valence-corrected chi connectivity index (χ0v) is 14.1. The van der Waals surface area contributed by atoms with Crippen molar-refractivity contribution in [2.75, 3.05) is 6.54 Å². The fourth-order valence-corrected chi connectivity index (χ4v) is 3.29. The Balaban J connectivity index is 1.69. The maximum Gasteiger partial charge on any atom is 0.323 e. The molecular formula is C17H19N5O3. The van der Waals surface area contributed by atoms with Crippen molar-refractivity contribution in [1.82, 2.24) is 25.0 Å². The van der Waals surface area contributed by atoms with Crippen molar-refractivity contribution in [3.05, 3.63) is 46.0 Å². The summed E-state index contributed by atoms with van der Waals surface area (Å²) in [6.07, 6.45) is 1.67. The number of aromatic amines is 2. The van der Waals surface area contributed by atoms with E-state index >= 15 is 0 Å². The van der Waals surface area contributed by atoms with Gasteiger partial charge in [0.1, 0.15) is 0 Å². The molecule has 3 aromatic rings. The van der Waals surface area contributed by atoms with E-state index in [-0.39, 0.29) is 23.6 Å². The van der Waals surface area contributed by atoms with Gasteiger partial charge in [-0.2, -0.15) is 4.98 Å².